The fraction of sp³-hybridized carbons (Fsp3) is 0.750. The second-order valence-corrected chi connectivity index (χ2v) is 5.66. The van der Waals surface area contributed by atoms with E-state index >= 15 is 0 Å². The smallest absolute Gasteiger partial charge is 0.167 e. The predicted molar refractivity (Wildman–Crippen MR) is 66.5 cm³/mol. The number of aliphatic hydroxyl groups excluding tert-OH is 1. The molecule has 1 aromatic rings. The van der Waals surface area contributed by atoms with Crippen molar-refractivity contribution >= 4 is 11.8 Å². The minimum atomic E-state index is -0.176. The van der Waals surface area contributed by atoms with Crippen molar-refractivity contribution < 1.29 is 5.11 Å². The van der Waals surface area contributed by atoms with E-state index in [1.807, 2.05) is 17.8 Å². The largest absolute Gasteiger partial charge is 0.392 e. The monoisotopic (exact) mass is 240 g/mol. The summed E-state index contributed by atoms with van der Waals surface area (Å²) in [4.78, 5) is 4.23. The Hall–Kier alpha value is -0.480. The molecule has 0 spiro atoms. The molecular formula is C12H20N2OS. The van der Waals surface area contributed by atoms with Crippen LogP contribution in [0.4, 0.5) is 0 Å². The van der Waals surface area contributed by atoms with Crippen LogP contribution in [0.1, 0.15) is 32.1 Å². The van der Waals surface area contributed by atoms with Gasteiger partial charge in [0.2, 0.25) is 0 Å². The maximum absolute atomic E-state index is 9.94. The summed E-state index contributed by atoms with van der Waals surface area (Å²) in [5.74, 6) is 1.53. The molecule has 0 aliphatic heterocycles. The number of aromatic nitrogens is 2. The number of nitrogens with zero attached hydrogens (tertiary/aromatic N) is 2. The van der Waals surface area contributed by atoms with Crippen molar-refractivity contribution in [1.29, 1.82) is 0 Å². The van der Waals surface area contributed by atoms with Crippen LogP contribution in [0.3, 0.4) is 0 Å². The van der Waals surface area contributed by atoms with Crippen LogP contribution in [0.5, 0.6) is 0 Å². The van der Waals surface area contributed by atoms with E-state index in [-0.39, 0.29) is 6.10 Å². The number of aliphatic hydroxyl groups is 1. The summed E-state index contributed by atoms with van der Waals surface area (Å²) in [6, 6.07) is 0. The van der Waals surface area contributed by atoms with Gasteiger partial charge in [-0.1, -0.05) is 37.4 Å². The lowest BCUT2D eigenvalue weighted by atomic mass is 10.0. The predicted octanol–water partition coefficient (Wildman–Crippen LogP) is 2.45. The molecule has 1 aliphatic carbocycles. The summed E-state index contributed by atoms with van der Waals surface area (Å²) >= 11 is 1.65. The molecule has 4 heteroatoms. The molecule has 1 unspecified atom stereocenters. The quantitative estimate of drug-likeness (QED) is 0.803. The van der Waals surface area contributed by atoms with E-state index in [1.54, 1.807) is 18.0 Å². The zero-order chi connectivity index (χ0) is 11.4. The van der Waals surface area contributed by atoms with Gasteiger partial charge in [0.25, 0.3) is 0 Å². The lowest BCUT2D eigenvalue weighted by Crippen LogP contribution is -2.14. The van der Waals surface area contributed by atoms with E-state index in [0.29, 0.717) is 0 Å². The van der Waals surface area contributed by atoms with E-state index in [1.165, 1.54) is 25.7 Å². The van der Waals surface area contributed by atoms with Crippen LogP contribution in [-0.2, 0) is 7.05 Å². The van der Waals surface area contributed by atoms with Gasteiger partial charge in [-0.25, -0.2) is 4.98 Å². The highest BCUT2D eigenvalue weighted by atomic mass is 32.2. The van der Waals surface area contributed by atoms with Crippen LogP contribution >= 0.6 is 11.8 Å². The van der Waals surface area contributed by atoms with Gasteiger partial charge in [0.05, 0.1) is 6.10 Å². The summed E-state index contributed by atoms with van der Waals surface area (Å²) in [5.41, 5.74) is 0. The number of aryl methyl sites for hydroxylation is 1. The Labute approximate surface area is 101 Å². The van der Waals surface area contributed by atoms with E-state index in [2.05, 4.69) is 4.98 Å². The van der Waals surface area contributed by atoms with Gasteiger partial charge >= 0.3 is 0 Å². The maximum Gasteiger partial charge on any atom is 0.167 e. The van der Waals surface area contributed by atoms with Gasteiger partial charge in [-0.15, -0.1) is 0 Å². The minimum Gasteiger partial charge on any atom is -0.392 e. The highest BCUT2D eigenvalue weighted by Gasteiger charge is 2.19. The van der Waals surface area contributed by atoms with E-state index in [0.717, 1.165) is 23.2 Å². The Bertz CT molecular complexity index is 321. The highest BCUT2D eigenvalue weighted by Crippen LogP contribution is 2.29. The number of thioether (sulfide) groups is 1. The molecule has 0 saturated heterocycles. The second-order valence-electron chi connectivity index (χ2n) is 4.67. The molecule has 3 nitrogen and oxygen atoms in total. The molecule has 1 N–H and O–H groups in total. The number of hydrogen-bond donors (Lipinski definition) is 1. The average Bonchev–Trinajstić information content (AvgIpc) is 2.87. The minimum absolute atomic E-state index is 0.176. The topological polar surface area (TPSA) is 38.0 Å². The Morgan fingerprint density at radius 1 is 1.56 bits per heavy atom. The zero-order valence-electron chi connectivity index (χ0n) is 9.80. The lowest BCUT2D eigenvalue weighted by Gasteiger charge is -2.14. The van der Waals surface area contributed by atoms with Crippen LogP contribution in [0.2, 0.25) is 0 Å². The van der Waals surface area contributed by atoms with E-state index in [4.69, 9.17) is 0 Å². The summed E-state index contributed by atoms with van der Waals surface area (Å²) in [6.45, 7) is 0. The molecule has 1 saturated carbocycles. The Morgan fingerprint density at radius 3 is 2.94 bits per heavy atom. The van der Waals surface area contributed by atoms with Gasteiger partial charge in [0.1, 0.15) is 0 Å². The first-order valence-corrected chi connectivity index (χ1v) is 7.02. The van der Waals surface area contributed by atoms with Crippen LogP contribution in [-0.4, -0.2) is 26.5 Å². The molecule has 1 fully saturated rings. The van der Waals surface area contributed by atoms with Gasteiger partial charge in [-0.2, -0.15) is 0 Å². The van der Waals surface area contributed by atoms with Gasteiger partial charge in [-0.05, 0) is 12.3 Å². The third-order valence-electron chi connectivity index (χ3n) is 3.26. The Kier molecular flexibility index (Phi) is 4.29. The van der Waals surface area contributed by atoms with Crippen molar-refractivity contribution in [1.82, 2.24) is 9.55 Å². The molecule has 0 amide bonds. The fourth-order valence-electron chi connectivity index (χ4n) is 2.36. The van der Waals surface area contributed by atoms with Gasteiger partial charge in [0, 0.05) is 25.2 Å². The first kappa shape index (κ1) is 12.0. The maximum atomic E-state index is 9.94. The van der Waals surface area contributed by atoms with Crippen LogP contribution in [0.15, 0.2) is 17.6 Å². The highest BCUT2D eigenvalue weighted by molar-refractivity contribution is 7.99. The molecular weight excluding hydrogens is 220 g/mol. The molecule has 2 rings (SSSR count). The van der Waals surface area contributed by atoms with Crippen LogP contribution in [0.25, 0.3) is 0 Å². The molecule has 1 aliphatic rings. The summed E-state index contributed by atoms with van der Waals surface area (Å²) < 4.78 is 1.99. The van der Waals surface area contributed by atoms with Crippen molar-refractivity contribution in [3.8, 4) is 0 Å². The first-order valence-electron chi connectivity index (χ1n) is 6.04. The average molecular weight is 240 g/mol. The lowest BCUT2D eigenvalue weighted by molar-refractivity contribution is 0.165. The summed E-state index contributed by atoms with van der Waals surface area (Å²) in [7, 11) is 1.98. The van der Waals surface area contributed by atoms with Crippen molar-refractivity contribution in [2.45, 2.75) is 43.4 Å². The van der Waals surface area contributed by atoms with E-state index in [9.17, 15) is 5.11 Å². The molecule has 1 aromatic heterocycles. The number of rotatable bonds is 5. The molecule has 16 heavy (non-hydrogen) atoms. The third kappa shape index (κ3) is 3.25. The summed E-state index contributed by atoms with van der Waals surface area (Å²) in [6.07, 6.45) is 9.85. The molecule has 0 radical (unpaired) electrons. The molecule has 0 aromatic carbocycles. The first-order chi connectivity index (χ1) is 7.75. The second kappa shape index (κ2) is 5.73. The van der Waals surface area contributed by atoms with Crippen molar-refractivity contribution in [2.75, 3.05) is 5.75 Å². The summed E-state index contributed by atoms with van der Waals surface area (Å²) in [5, 5.41) is 10.9. The normalized spacial score (nSPS) is 19.1. The van der Waals surface area contributed by atoms with Gasteiger partial charge in [-0.3, -0.25) is 0 Å². The van der Waals surface area contributed by atoms with Crippen LogP contribution < -0.4 is 0 Å². The van der Waals surface area contributed by atoms with Crippen molar-refractivity contribution in [3.63, 3.8) is 0 Å². The van der Waals surface area contributed by atoms with Crippen molar-refractivity contribution in [3.05, 3.63) is 12.4 Å². The number of imidazole rings is 1. The van der Waals surface area contributed by atoms with Gasteiger partial charge in [0.15, 0.2) is 5.16 Å². The third-order valence-corrected chi connectivity index (χ3v) is 4.46. The van der Waals surface area contributed by atoms with Gasteiger partial charge < -0.3 is 9.67 Å². The molecule has 90 valence electrons. The standard InChI is InChI=1S/C12H20N2OS/c1-14-7-6-13-12(14)16-9-11(15)8-10-4-2-3-5-10/h6-7,10-11,15H,2-5,8-9H2,1H3. The zero-order valence-corrected chi connectivity index (χ0v) is 10.6. The molecule has 1 heterocycles. The van der Waals surface area contributed by atoms with E-state index < -0.39 is 0 Å². The SMILES string of the molecule is Cn1ccnc1SCC(O)CC1CCCC1. The van der Waals surface area contributed by atoms with Crippen molar-refractivity contribution in [2.24, 2.45) is 13.0 Å². The molecule has 1 atom stereocenters. The Morgan fingerprint density at radius 2 is 2.31 bits per heavy atom. The van der Waals surface area contributed by atoms with Crippen LogP contribution in [0, 0.1) is 5.92 Å². The Balaban J connectivity index is 1.71. The fourth-order valence-corrected chi connectivity index (χ4v) is 3.24. The number of hydrogen-bond acceptors (Lipinski definition) is 3. The molecule has 0 bridgehead atoms.